The van der Waals surface area contributed by atoms with E-state index in [9.17, 15) is 9.18 Å². The normalized spacial score (nSPS) is 10.9. The van der Waals surface area contributed by atoms with Crippen LogP contribution in [0.5, 0.6) is 0 Å². The second-order valence-corrected chi connectivity index (χ2v) is 5.71. The molecule has 2 nitrogen and oxygen atoms in total. The fourth-order valence-electron chi connectivity index (χ4n) is 2.29. The molecule has 100 valence electrons. The van der Waals surface area contributed by atoms with Crippen LogP contribution in [0, 0.1) is 16.3 Å². The first kappa shape index (κ1) is 13.3. The van der Waals surface area contributed by atoms with Gasteiger partial charge in [0.1, 0.15) is 5.82 Å². The third-order valence-corrected chi connectivity index (χ3v) is 4.77. The molecule has 1 N–H and O–H groups in total. The van der Waals surface area contributed by atoms with Crippen molar-refractivity contribution < 1.29 is 9.18 Å². The molecular formula is C16H11FINO. The predicted molar refractivity (Wildman–Crippen MR) is 85.6 cm³/mol. The van der Waals surface area contributed by atoms with Gasteiger partial charge in [-0.05, 0) is 53.3 Å². The van der Waals surface area contributed by atoms with Crippen LogP contribution in [0.15, 0.2) is 42.6 Å². The summed E-state index contributed by atoms with van der Waals surface area (Å²) < 4.78 is 14.9. The molecule has 0 radical (unpaired) electrons. The number of benzene rings is 2. The lowest BCUT2D eigenvalue weighted by Crippen LogP contribution is -2.04. The maximum absolute atomic E-state index is 14.0. The molecule has 0 unspecified atom stereocenters. The van der Waals surface area contributed by atoms with Crippen LogP contribution in [0.4, 0.5) is 4.39 Å². The van der Waals surface area contributed by atoms with E-state index in [1.807, 2.05) is 19.1 Å². The number of fused-ring (bicyclic) bond motifs is 1. The Bertz CT molecular complexity index is 822. The van der Waals surface area contributed by atoms with Crippen molar-refractivity contribution in [2.45, 2.75) is 6.92 Å². The highest BCUT2D eigenvalue weighted by molar-refractivity contribution is 14.1. The highest BCUT2D eigenvalue weighted by Gasteiger charge is 2.19. The molecule has 3 rings (SSSR count). The van der Waals surface area contributed by atoms with E-state index in [4.69, 9.17) is 0 Å². The zero-order chi connectivity index (χ0) is 14.3. The summed E-state index contributed by atoms with van der Waals surface area (Å²) in [6.45, 7) is 1.95. The number of hydrogen-bond acceptors (Lipinski definition) is 1. The molecule has 0 atom stereocenters. The zero-order valence-electron chi connectivity index (χ0n) is 10.7. The van der Waals surface area contributed by atoms with Gasteiger partial charge in [0, 0.05) is 26.2 Å². The Labute approximate surface area is 129 Å². The monoisotopic (exact) mass is 379 g/mol. The summed E-state index contributed by atoms with van der Waals surface area (Å²) in [6.07, 6.45) is 1.58. The number of aromatic amines is 1. The summed E-state index contributed by atoms with van der Waals surface area (Å²) in [5.74, 6) is -0.538. The summed E-state index contributed by atoms with van der Waals surface area (Å²) in [7, 11) is 0. The maximum Gasteiger partial charge on any atom is 0.196 e. The van der Waals surface area contributed by atoms with Crippen LogP contribution >= 0.6 is 22.6 Å². The standard InChI is InChI=1S/C16H11FINO/c1-9-4-2-5-10(15(9)18)16(20)11-8-19-13-7-3-6-12(17)14(11)13/h2-8,19H,1H3. The number of aryl methyl sites for hydroxylation is 1. The lowest BCUT2D eigenvalue weighted by molar-refractivity contribution is 0.103. The van der Waals surface area contributed by atoms with Crippen LogP contribution in [0.3, 0.4) is 0 Å². The van der Waals surface area contributed by atoms with Crippen molar-refractivity contribution in [2.75, 3.05) is 0 Å². The quantitative estimate of drug-likeness (QED) is 0.518. The second-order valence-electron chi connectivity index (χ2n) is 4.63. The number of carbonyl (C=O) groups excluding carboxylic acids is 1. The summed E-state index contributed by atoms with van der Waals surface area (Å²) in [6, 6.07) is 10.3. The first-order chi connectivity index (χ1) is 9.59. The number of H-pyrrole nitrogens is 1. The van der Waals surface area contributed by atoms with E-state index in [0.717, 1.165) is 9.13 Å². The largest absolute Gasteiger partial charge is 0.360 e. The minimum Gasteiger partial charge on any atom is -0.360 e. The van der Waals surface area contributed by atoms with Crippen molar-refractivity contribution in [2.24, 2.45) is 0 Å². The van der Waals surface area contributed by atoms with E-state index >= 15 is 0 Å². The first-order valence-electron chi connectivity index (χ1n) is 6.15. The molecule has 1 aromatic heterocycles. The van der Waals surface area contributed by atoms with Crippen LogP contribution < -0.4 is 0 Å². The third-order valence-electron chi connectivity index (χ3n) is 3.34. The van der Waals surface area contributed by atoms with Gasteiger partial charge in [0.25, 0.3) is 0 Å². The smallest absolute Gasteiger partial charge is 0.196 e. The molecule has 0 aliphatic carbocycles. The topological polar surface area (TPSA) is 32.9 Å². The molecule has 0 bridgehead atoms. The van der Waals surface area contributed by atoms with Crippen molar-refractivity contribution in [1.29, 1.82) is 0 Å². The number of hydrogen-bond donors (Lipinski definition) is 1. The van der Waals surface area contributed by atoms with E-state index in [-0.39, 0.29) is 11.6 Å². The van der Waals surface area contributed by atoms with Gasteiger partial charge in [-0.15, -0.1) is 0 Å². The number of ketones is 1. The minimum atomic E-state index is -0.380. The van der Waals surface area contributed by atoms with E-state index in [0.29, 0.717) is 22.0 Å². The van der Waals surface area contributed by atoms with Gasteiger partial charge in [0.05, 0.1) is 5.56 Å². The second kappa shape index (κ2) is 5.01. The Hall–Kier alpha value is -1.69. The summed E-state index contributed by atoms with van der Waals surface area (Å²) in [5.41, 5.74) is 2.66. The van der Waals surface area contributed by atoms with Crippen LogP contribution in [-0.4, -0.2) is 10.8 Å². The van der Waals surface area contributed by atoms with Gasteiger partial charge in [-0.1, -0.05) is 18.2 Å². The molecule has 2 aromatic carbocycles. The van der Waals surface area contributed by atoms with Crippen LogP contribution in [0.1, 0.15) is 21.5 Å². The molecule has 20 heavy (non-hydrogen) atoms. The lowest BCUT2D eigenvalue weighted by atomic mass is 10.0. The van der Waals surface area contributed by atoms with Crippen molar-refractivity contribution in [3.05, 3.63) is 68.7 Å². The molecule has 4 heteroatoms. The van der Waals surface area contributed by atoms with Crippen molar-refractivity contribution in [3.63, 3.8) is 0 Å². The molecule has 0 saturated carbocycles. The number of aromatic nitrogens is 1. The van der Waals surface area contributed by atoms with Gasteiger partial charge >= 0.3 is 0 Å². The lowest BCUT2D eigenvalue weighted by Gasteiger charge is -2.05. The van der Waals surface area contributed by atoms with E-state index in [1.165, 1.54) is 6.07 Å². The summed E-state index contributed by atoms with van der Waals surface area (Å²) in [4.78, 5) is 15.6. The van der Waals surface area contributed by atoms with E-state index in [2.05, 4.69) is 27.6 Å². The molecular weight excluding hydrogens is 368 g/mol. The molecule has 3 aromatic rings. The predicted octanol–water partition coefficient (Wildman–Crippen LogP) is 4.45. The highest BCUT2D eigenvalue weighted by Crippen LogP contribution is 2.26. The summed E-state index contributed by atoms with van der Waals surface area (Å²) >= 11 is 2.15. The van der Waals surface area contributed by atoms with Gasteiger partial charge in [-0.2, -0.15) is 0 Å². The molecule has 1 heterocycles. The average Bonchev–Trinajstić information content (AvgIpc) is 2.86. The Morgan fingerprint density at radius 2 is 1.90 bits per heavy atom. The Morgan fingerprint density at radius 3 is 2.70 bits per heavy atom. The zero-order valence-corrected chi connectivity index (χ0v) is 12.9. The van der Waals surface area contributed by atoms with Crippen LogP contribution in [-0.2, 0) is 0 Å². The van der Waals surface area contributed by atoms with Crippen molar-refractivity contribution in [3.8, 4) is 0 Å². The Morgan fingerprint density at radius 1 is 1.15 bits per heavy atom. The summed E-state index contributed by atoms with van der Waals surface area (Å²) in [5, 5.41) is 0.356. The van der Waals surface area contributed by atoms with Gasteiger partial charge < -0.3 is 4.98 Å². The van der Waals surface area contributed by atoms with E-state index in [1.54, 1.807) is 24.4 Å². The fraction of sp³-hybridized carbons (Fsp3) is 0.0625. The molecule has 0 saturated heterocycles. The van der Waals surface area contributed by atoms with Crippen LogP contribution in [0.25, 0.3) is 10.9 Å². The van der Waals surface area contributed by atoms with Crippen molar-refractivity contribution >= 4 is 39.3 Å². The molecule has 0 aliphatic heterocycles. The number of halogens is 2. The minimum absolute atomic E-state index is 0.158. The van der Waals surface area contributed by atoms with Gasteiger partial charge in [-0.3, -0.25) is 4.79 Å². The highest BCUT2D eigenvalue weighted by atomic mass is 127. The first-order valence-corrected chi connectivity index (χ1v) is 7.23. The van der Waals surface area contributed by atoms with E-state index < -0.39 is 0 Å². The third kappa shape index (κ3) is 2.04. The Balaban J connectivity index is 2.21. The molecule has 0 fully saturated rings. The van der Waals surface area contributed by atoms with Crippen LogP contribution in [0.2, 0.25) is 0 Å². The van der Waals surface area contributed by atoms with Crippen molar-refractivity contribution in [1.82, 2.24) is 4.98 Å². The number of carbonyl (C=O) groups is 1. The maximum atomic E-state index is 14.0. The Kier molecular flexibility index (Phi) is 3.33. The molecule has 0 aliphatic rings. The fourth-order valence-corrected chi connectivity index (χ4v) is 2.89. The van der Waals surface area contributed by atoms with Gasteiger partial charge in [0.2, 0.25) is 0 Å². The SMILES string of the molecule is Cc1cccc(C(=O)c2c[nH]c3cccc(F)c23)c1I. The van der Waals surface area contributed by atoms with Gasteiger partial charge in [-0.25, -0.2) is 4.39 Å². The molecule has 0 amide bonds. The number of nitrogens with one attached hydrogen (secondary N) is 1. The van der Waals surface area contributed by atoms with Gasteiger partial charge in [0.15, 0.2) is 5.78 Å². The number of rotatable bonds is 2. The molecule has 0 spiro atoms. The average molecular weight is 379 g/mol.